The van der Waals surface area contributed by atoms with E-state index in [1.54, 1.807) is 24.3 Å². The number of nitrogens with zero attached hydrogens (tertiary/aromatic N) is 1. The van der Waals surface area contributed by atoms with Crippen LogP contribution in [0.1, 0.15) is 5.56 Å². The van der Waals surface area contributed by atoms with Crippen molar-refractivity contribution >= 4 is 31.2 Å². The van der Waals surface area contributed by atoms with Gasteiger partial charge < -0.3 is 5.32 Å². The van der Waals surface area contributed by atoms with E-state index in [9.17, 15) is 16.8 Å². The van der Waals surface area contributed by atoms with Crippen LogP contribution in [0.4, 0.5) is 11.4 Å². The molecule has 0 radical (unpaired) electrons. The molecule has 1 aromatic heterocycles. The van der Waals surface area contributed by atoms with Crippen LogP contribution in [-0.4, -0.2) is 40.4 Å². The standard InChI is InChI=1S/C15H17N3O4S2/c1-10-3-4-12(18-23(2,19)20)8-13(10)11-7-14-15(17-9-11)24(21,22)6-5-16-14/h3-4,7-9,16,18H,5-6H2,1-2H3. The van der Waals surface area contributed by atoms with Gasteiger partial charge in [-0.05, 0) is 36.2 Å². The molecule has 128 valence electrons. The normalized spacial score (nSPS) is 16.1. The Kier molecular flexibility index (Phi) is 4.00. The minimum absolute atomic E-state index is 0.0269. The summed E-state index contributed by atoms with van der Waals surface area (Å²) in [4.78, 5) is 4.10. The van der Waals surface area contributed by atoms with E-state index in [0.717, 1.165) is 17.4 Å². The van der Waals surface area contributed by atoms with Crippen molar-refractivity contribution in [2.24, 2.45) is 0 Å². The van der Waals surface area contributed by atoms with Gasteiger partial charge in [0.1, 0.15) is 0 Å². The molecular formula is C15H17N3O4S2. The molecule has 0 aliphatic carbocycles. The van der Waals surface area contributed by atoms with Crippen molar-refractivity contribution in [2.75, 3.05) is 28.6 Å². The van der Waals surface area contributed by atoms with Crippen LogP contribution in [0.15, 0.2) is 35.5 Å². The van der Waals surface area contributed by atoms with E-state index in [1.165, 1.54) is 6.20 Å². The summed E-state index contributed by atoms with van der Waals surface area (Å²) in [6.07, 6.45) is 2.58. The Bertz CT molecular complexity index is 1020. The second-order valence-corrected chi connectivity index (χ2v) is 9.50. The summed E-state index contributed by atoms with van der Waals surface area (Å²) < 4.78 is 49.3. The van der Waals surface area contributed by atoms with Gasteiger partial charge in [-0.1, -0.05) is 6.07 Å². The number of pyridine rings is 1. The summed E-state index contributed by atoms with van der Waals surface area (Å²) in [5.74, 6) is 0.0269. The Morgan fingerprint density at radius 2 is 2.00 bits per heavy atom. The van der Waals surface area contributed by atoms with Crippen molar-refractivity contribution in [1.29, 1.82) is 0 Å². The minimum atomic E-state index is -3.38. The molecular weight excluding hydrogens is 350 g/mol. The fourth-order valence-electron chi connectivity index (χ4n) is 2.60. The van der Waals surface area contributed by atoms with Gasteiger partial charge in [0, 0.05) is 24.0 Å². The lowest BCUT2D eigenvalue weighted by Gasteiger charge is -2.18. The Morgan fingerprint density at radius 1 is 1.25 bits per heavy atom. The summed E-state index contributed by atoms with van der Waals surface area (Å²) in [6, 6.07) is 6.91. The molecule has 2 heterocycles. The molecule has 1 aliphatic rings. The third-order valence-corrected chi connectivity index (χ3v) is 5.95. The van der Waals surface area contributed by atoms with Gasteiger partial charge >= 0.3 is 0 Å². The SMILES string of the molecule is Cc1ccc(NS(C)(=O)=O)cc1-c1cnc2c(c1)NCCS2(=O)=O. The van der Waals surface area contributed by atoms with E-state index in [1.807, 2.05) is 6.92 Å². The van der Waals surface area contributed by atoms with Crippen LogP contribution in [0.3, 0.4) is 0 Å². The number of fused-ring (bicyclic) bond motifs is 1. The van der Waals surface area contributed by atoms with Gasteiger partial charge in [-0.2, -0.15) is 0 Å². The van der Waals surface area contributed by atoms with Gasteiger partial charge in [-0.3, -0.25) is 4.72 Å². The molecule has 0 saturated carbocycles. The monoisotopic (exact) mass is 367 g/mol. The summed E-state index contributed by atoms with van der Waals surface area (Å²) in [5, 5.41) is 3.10. The maximum absolute atomic E-state index is 12.0. The quantitative estimate of drug-likeness (QED) is 0.854. The van der Waals surface area contributed by atoms with Crippen molar-refractivity contribution in [3.63, 3.8) is 0 Å². The lowest BCUT2D eigenvalue weighted by Crippen LogP contribution is -2.24. The number of rotatable bonds is 3. The molecule has 0 saturated heterocycles. The number of nitrogens with one attached hydrogen (secondary N) is 2. The van der Waals surface area contributed by atoms with Crippen LogP contribution in [0.25, 0.3) is 11.1 Å². The zero-order valence-electron chi connectivity index (χ0n) is 13.2. The van der Waals surface area contributed by atoms with E-state index in [-0.39, 0.29) is 10.8 Å². The number of hydrogen-bond acceptors (Lipinski definition) is 6. The van der Waals surface area contributed by atoms with E-state index in [4.69, 9.17) is 0 Å². The first-order valence-electron chi connectivity index (χ1n) is 7.21. The van der Waals surface area contributed by atoms with E-state index >= 15 is 0 Å². The number of sulfone groups is 1. The fraction of sp³-hybridized carbons (Fsp3) is 0.267. The van der Waals surface area contributed by atoms with Crippen molar-refractivity contribution in [2.45, 2.75) is 11.9 Å². The Labute approximate surface area is 141 Å². The average molecular weight is 367 g/mol. The van der Waals surface area contributed by atoms with Crippen LogP contribution < -0.4 is 10.0 Å². The van der Waals surface area contributed by atoms with Crippen molar-refractivity contribution in [1.82, 2.24) is 4.98 Å². The molecule has 3 rings (SSSR count). The highest BCUT2D eigenvalue weighted by Gasteiger charge is 2.25. The molecule has 9 heteroatoms. The molecule has 0 spiro atoms. The van der Waals surface area contributed by atoms with E-state index < -0.39 is 19.9 Å². The fourth-order valence-corrected chi connectivity index (χ4v) is 4.40. The van der Waals surface area contributed by atoms with Crippen LogP contribution in [0.2, 0.25) is 0 Å². The van der Waals surface area contributed by atoms with Crippen molar-refractivity contribution in [3.8, 4) is 11.1 Å². The molecule has 1 aliphatic heterocycles. The molecule has 0 unspecified atom stereocenters. The van der Waals surface area contributed by atoms with E-state index in [2.05, 4.69) is 15.0 Å². The van der Waals surface area contributed by atoms with Gasteiger partial charge in [0.25, 0.3) is 0 Å². The van der Waals surface area contributed by atoms with Crippen LogP contribution >= 0.6 is 0 Å². The van der Waals surface area contributed by atoms with Gasteiger partial charge in [0.2, 0.25) is 10.0 Å². The highest BCUT2D eigenvalue weighted by molar-refractivity contribution is 7.92. The number of hydrogen-bond donors (Lipinski definition) is 2. The first kappa shape index (κ1) is 16.7. The van der Waals surface area contributed by atoms with Crippen LogP contribution in [0, 0.1) is 6.92 Å². The molecule has 24 heavy (non-hydrogen) atoms. The molecule has 2 aromatic rings. The van der Waals surface area contributed by atoms with Gasteiger partial charge in [-0.25, -0.2) is 21.8 Å². The first-order valence-corrected chi connectivity index (χ1v) is 10.8. The molecule has 0 bridgehead atoms. The average Bonchev–Trinajstić information content (AvgIpc) is 2.47. The van der Waals surface area contributed by atoms with Gasteiger partial charge in [0.05, 0.1) is 17.7 Å². The lowest BCUT2D eigenvalue weighted by atomic mass is 10.0. The summed E-state index contributed by atoms with van der Waals surface area (Å²) >= 11 is 0. The highest BCUT2D eigenvalue weighted by atomic mass is 32.2. The van der Waals surface area contributed by atoms with Crippen molar-refractivity contribution in [3.05, 3.63) is 36.0 Å². The predicted molar refractivity (Wildman–Crippen MR) is 93.4 cm³/mol. The van der Waals surface area contributed by atoms with Gasteiger partial charge in [0.15, 0.2) is 14.9 Å². The lowest BCUT2D eigenvalue weighted by molar-refractivity contribution is 0.590. The zero-order chi connectivity index (χ0) is 17.5. The molecule has 0 amide bonds. The number of sulfonamides is 1. The summed E-state index contributed by atoms with van der Waals surface area (Å²) in [7, 11) is -6.72. The molecule has 7 nitrogen and oxygen atoms in total. The summed E-state index contributed by atoms with van der Waals surface area (Å²) in [6.45, 7) is 2.23. The predicted octanol–water partition coefficient (Wildman–Crippen LogP) is 1.63. The zero-order valence-corrected chi connectivity index (χ0v) is 14.8. The molecule has 0 fully saturated rings. The third-order valence-electron chi connectivity index (χ3n) is 3.68. The highest BCUT2D eigenvalue weighted by Crippen LogP contribution is 2.32. The topological polar surface area (TPSA) is 105 Å². The van der Waals surface area contributed by atoms with Crippen molar-refractivity contribution < 1.29 is 16.8 Å². The Balaban J connectivity index is 2.08. The van der Waals surface area contributed by atoms with Crippen LogP contribution in [0.5, 0.6) is 0 Å². The van der Waals surface area contributed by atoms with Gasteiger partial charge in [-0.15, -0.1) is 0 Å². The third kappa shape index (κ3) is 3.36. The number of benzene rings is 1. The smallest absolute Gasteiger partial charge is 0.229 e. The Morgan fingerprint density at radius 3 is 2.71 bits per heavy atom. The summed E-state index contributed by atoms with van der Waals surface area (Å²) in [5.41, 5.74) is 3.34. The maximum atomic E-state index is 12.0. The minimum Gasteiger partial charge on any atom is -0.382 e. The van der Waals surface area contributed by atoms with Crippen LogP contribution in [-0.2, 0) is 19.9 Å². The molecule has 2 N–H and O–H groups in total. The maximum Gasteiger partial charge on any atom is 0.229 e. The molecule has 1 aromatic carbocycles. The molecule has 0 atom stereocenters. The second kappa shape index (κ2) is 5.75. The van der Waals surface area contributed by atoms with E-state index in [0.29, 0.717) is 23.5 Å². The number of aryl methyl sites for hydroxylation is 1. The Hall–Kier alpha value is -2.13. The number of aromatic nitrogens is 1. The second-order valence-electron chi connectivity index (χ2n) is 5.73. The first-order chi connectivity index (χ1) is 11.2. The number of anilines is 2. The largest absolute Gasteiger partial charge is 0.382 e.